The highest BCUT2D eigenvalue weighted by Crippen LogP contribution is 2.19. The third kappa shape index (κ3) is 7.24. The average Bonchev–Trinajstić information content (AvgIpc) is 3.11. The van der Waals surface area contributed by atoms with Crippen molar-refractivity contribution in [1.82, 2.24) is 15.6 Å². The molecule has 0 fully saturated rings. The van der Waals surface area contributed by atoms with Crippen molar-refractivity contribution in [3.63, 3.8) is 0 Å². The Bertz CT molecular complexity index is 872. The second kappa shape index (κ2) is 10.6. The van der Waals surface area contributed by atoms with Crippen LogP contribution in [0, 0.1) is 0 Å². The zero-order chi connectivity index (χ0) is 20.6. The van der Waals surface area contributed by atoms with Crippen molar-refractivity contribution in [1.29, 1.82) is 0 Å². The Hall–Kier alpha value is -1.93. The van der Waals surface area contributed by atoms with Crippen LogP contribution in [0.4, 0.5) is 0 Å². The van der Waals surface area contributed by atoms with E-state index in [1.54, 1.807) is 23.5 Å². The molecule has 0 saturated heterocycles. The molecule has 0 aliphatic rings. The average molecular weight is 423 g/mol. The van der Waals surface area contributed by atoms with Crippen molar-refractivity contribution in [2.24, 2.45) is 4.99 Å². The van der Waals surface area contributed by atoms with E-state index in [1.165, 1.54) is 11.3 Å². The van der Waals surface area contributed by atoms with Crippen molar-refractivity contribution >= 4 is 27.1 Å². The first-order valence-electron chi connectivity index (χ1n) is 9.55. The molecule has 2 rings (SSSR count). The lowest BCUT2D eigenvalue weighted by Gasteiger charge is -2.11. The summed E-state index contributed by atoms with van der Waals surface area (Å²) in [5, 5.41) is 9.86. The second-order valence-corrected chi connectivity index (χ2v) is 9.84. The number of hydrogen-bond donors (Lipinski definition) is 2. The van der Waals surface area contributed by atoms with Crippen LogP contribution in [0.3, 0.4) is 0 Å². The molecule has 0 bridgehead atoms. The highest BCUT2D eigenvalue weighted by atomic mass is 32.2. The van der Waals surface area contributed by atoms with E-state index >= 15 is 0 Å². The molecule has 1 heterocycles. The van der Waals surface area contributed by atoms with Gasteiger partial charge in [0.1, 0.15) is 0 Å². The van der Waals surface area contributed by atoms with Crippen molar-refractivity contribution in [3.05, 3.63) is 45.9 Å². The van der Waals surface area contributed by atoms with Gasteiger partial charge >= 0.3 is 0 Å². The van der Waals surface area contributed by atoms with E-state index in [2.05, 4.69) is 39.8 Å². The highest BCUT2D eigenvalue weighted by Gasteiger charge is 2.07. The van der Waals surface area contributed by atoms with Crippen LogP contribution >= 0.6 is 11.3 Å². The van der Waals surface area contributed by atoms with Gasteiger partial charge in [-0.15, -0.1) is 11.3 Å². The van der Waals surface area contributed by atoms with E-state index in [1.807, 2.05) is 19.1 Å². The lowest BCUT2D eigenvalue weighted by Crippen LogP contribution is -2.38. The SMILES string of the molecule is CCNC(=NCCc1csc(C(C)C)n1)NCCc1ccc(S(C)(=O)=O)cc1. The van der Waals surface area contributed by atoms with E-state index in [4.69, 9.17) is 0 Å². The molecule has 0 aliphatic carbocycles. The third-order valence-corrected chi connectivity index (χ3v) is 6.43. The molecule has 0 aliphatic heterocycles. The summed E-state index contributed by atoms with van der Waals surface area (Å²) < 4.78 is 23.0. The fraction of sp³-hybridized carbons (Fsp3) is 0.500. The smallest absolute Gasteiger partial charge is 0.191 e. The fourth-order valence-electron chi connectivity index (χ4n) is 2.56. The van der Waals surface area contributed by atoms with Gasteiger partial charge in [-0.05, 0) is 31.0 Å². The van der Waals surface area contributed by atoms with Crippen LogP contribution in [0.1, 0.15) is 43.0 Å². The predicted molar refractivity (Wildman–Crippen MR) is 117 cm³/mol. The maximum Gasteiger partial charge on any atom is 0.191 e. The molecule has 1 aromatic heterocycles. The second-order valence-electron chi connectivity index (χ2n) is 6.94. The van der Waals surface area contributed by atoms with Crippen molar-refractivity contribution in [3.8, 4) is 0 Å². The van der Waals surface area contributed by atoms with Crippen LogP contribution in [-0.4, -0.2) is 45.3 Å². The van der Waals surface area contributed by atoms with Gasteiger partial charge in [0.05, 0.1) is 15.6 Å². The molecule has 2 aromatic rings. The lowest BCUT2D eigenvalue weighted by molar-refractivity contribution is 0.602. The summed E-state index contributed by atoms with van der Waals surface area (Å²) in [7, 11) is -3.15. The predicted octanol–water partition coefficient (Wildman–Crippen LogP) is 3.01. The normalized spacial score (nSPS) is 12.4. The summed E-state index contributed by atoms with van der Waals surface area (Å²) in [6, 6.07) is 7.03. The number of guanidine groups is 1. The standard InChI is InChI=1S/C20H30N4O2S2/c1-5-21-20(23-13-11-17-14-27-19(24-17)15(2)3)22-12-10-16-6-8-18(9-7-16)28(4,25)26/h6-9,14-15H,5,10-13H2,1-4H3,(H2,21,22,23). The molecular weight excluding hydrogens is 392 g/mol. The van der Waals surface area contributed by atoms with Gasteiger partial charge < -0.3 is 10.6 Å². The van der Waals surface area contributed by atoms with Crippen LogP contribution < -0.4 is 10.6 Å². The van der Waals surface area contributed by atoms with Crippen LogP contribution in [0.2, 0.25) is 0 Å². The molecular formula is C20H30N4O2S2. The number of hydrogen-bond acceptors (Lipinski definition) is 5. The minimum Gasteiger partial charge on any atom is -0.357 e. The van der Waals surface area contributed by atoms with Gasteiger partial charge in [0.15, 0.2) is 15.8 Å². The van der Waals surface area contributed by atoms with E-state index in [-0.39, 0.29) is 0 Å². The summed E-state index contributed by atoms with van der Waals surface area (Å²) in [6.07, 6.45) is 2.84. The molecule has 0 atom stereocenters. The van der Waals surface area contributed by atoms with Gasteiger partial charge in [0.2, 0.25) is 0 Å². The largest absolute Gasteiger partial charge is 0.357 e. The number of benzene rings is 1. The summed E-state index contributed by atoms with van der Waals surface area (Å²) in [6.45, 7) is 8.54. The summed E-state index contributed by atoms with van der Waals surface area (Å²) in [4.78, 5) is 9.61. The van der Waals surface area contributed by atoms with Gasteiger partial charge in [0, 0.05) is 43.6 Å². The van der Waals surface area contributed by atoms with Crippen molar-refractivity contribution in [2.45, 2.75) is 44.4 Å². The summed E-state index contributed by atoms with van der Waals surface area (Å²) in [5.41, 5.74) is 2.18. The monoisotopic (exact) mass is 422 g/mol. The molecule has 28 heavy (non-hydrogen) atoms. The van der Waals surface area contributed by atoms with Crippen LogP contribution in [-0.2, 0) is 22.7 Å². The van der Waals surface area contributed by atoms with Gasteiger partial charge in [-0.3, -0.25) is 4.99 Å². The number of nitrogens with one attached hydrogen (secondary N) is 2. The molecule has 0 saturated carbocycles. The number of sulfone groups is 1. The Morgan fingerprint density at radius 3 is 2.46 bits per heavy atom. The van der Waals surface area contributed by atoms with E-state index in [0.717, 1.165) is 43.1 Å². The first-order chi connectivity index (χ1) is 13.3. The topological polar surface area (TPSA) is 83.4 Å². The van der Waals surface area contributed by atoms with Gasteiger partial charge in [-0.1, -0.05) is 26.0 Å². The molecule has 154 valence electrons. The molecule has 1 aromatic carbocycles. The Labute approximate surface area is 172 Å². The van der Waals surface area contributed by atoms with Crippen molar-refractivity contribution in [2.75, 3.05) is 25.9 Å². The van der Waals surface area contributed by atoms with Crippen LogP contribution in [0.5, 0.6) is 0 Å². The van der Waals surface area contributed by atoms with Gasteiger partial charge in [0.25, 0.3) is 0 Å². The summed E-state index contributed by atoms with van der Waals surface area (Å²) in [5.74, 6) is 1.25. The van der Waals surface area contributed by atoms with E-state index < -0.39 is 9.84 Å². The zero-order valence-corrected chi connectivity index (χ0v) is 18.7. The van der Waals surface area contributed by atoms with E-state index in [9.17, 15) is 8.42 Å². The Morgan fingerprint density at radius 2 is 1.89 bits per heavy atom. The number of thiazole rings is 1. The third-order valence-electron chi connectivity index (χ3n) is 4.10. The maximum absolute atomic E-state index is 11.5. The number of aromatic nitrogens is 1. The van der Waals surface area contributed by atoms with Crippen LogP contribution in [0.15, 0.2) is 39.5 Å². The minimum atomic E-state index is -3.15. The number of rotatable bonds is 9. The highest BCUT2D eigenvalue weighted by molar-refractivity contribution is 7.90. The maximum atomic E-state index is 11.5. The first kappa shape index (κ1) is 22.4. The number of nitrogens with zero attached hydrogens (tertiary/aromatic N) is 2. The van der Waals surface area contributed by atoms with Gasteiger partial charge in [-0.25, -0.2) is 13.4 Å². The Balaban J connectivity index is 1.83. The van der Waals surface area contributed by atoms with Crippen molar-refractivity contribution < 1.29 is 8.42 Å². The Kier molecular flexibility index (Phi) is 8.44. The quantitative estimate of drug-likeness (QED) is 0.479. The lowest BCUT2D eigenvalue weighted by atomic mass is 10.1. The summed E-state index contributed by atoms with van der Waals surface area (Å²) >= 11 is 1.71. The first-order valence-corrected chi connectivity index (χ1v) is 12.3. The van der Waals surface area contributed by atoms with E-state index in [0.29, 0.717) is 17.4 Å². The molecule has 0 spiro atoms. The molecule has 6 nitrogen and oxygen atoms in total. The molecule has 0 unspecified atom stereocenters. The molecule has 8 heteroatoms. The molecule has 2 N–H and O–H groups in total. The van der Waals surface area contributed by atoms with Crippen LogP contribution in [0.25, 0.3) is 0 Å². The fourth-order valence-corrected chi connectivity index (χ4v) is 4.06. The van der Waals surface area contributed by atoms with Gasteiger partial charge in [-0.2, -0.15) is 0 Å². The molecule has 0 radical (unpaired) electrons. The Morgan fingerprint density at radius 1 is 1.18 bits per heavy atom. The number of aliphatic imine (C=N–C) groups is 1. The minimum absolute atomic E-state index is 0.349. The zero-order valence-electron chi connectivity index (χ0n) is 17.0. The molecule has 0 amide bonds.